The zero-order valence-electron chi connectivity index (χ0n) is 10.5. The van der Waals surface area contributed by atoms with Crippen molar-refractivity contribution in [1.29, 1.82) is 0 Å². The van der Waals surface area contributed by atoms with Crippen molar-refractivity contribution in [3.05, 3.63) is 35.9 Å². The summed E-state index contributed by atoms with van der Waals surface area (Å²) in [5, 5.41) is 3.43. The Morgan fingerprint density at radius 2 is 2.00 bits per heavy atom. The molecule has 0 aliphatic carbocycles. The first-order valence-corrected chi connectivity index (χ1v) is 6.70. The first-order valence-electron chi connectivity index (χ1n) is 6.70. The van der Waals surface area contributed by atoms with Crippen LogP contribution in [0, 0.1) is 0 Å². The van der Waals surface area contributed by atoms with Crippen molar-refractivity contribution in [2.45, 2.75) is 43.8 Å². The van der Waals surface area contributed by atoms with E-state index in [0.717, 1.165) is 13.1 Å². The predicted molar refractivity (Wildman–Crippen MR) is 69.2 cm³/mol. The molecule has 2 nitrogen and oxygen atoms in total. The molecular weight excluding hydrogens is 210 g/mol. The Labute approximate surface area is 103 Å². The molecule has 17 heavy (non-hydrogen) atoms. The topological polar surface area (TPSA) is 21.3 Å². The van der Waals surface area contributed by atoms with E-state index in [2.05, 4.69) is 42.6 Å². The van der Waals surface area contributed by atoms with Crippen LogP contribution in [0.15, 0.2) is 30.3 Å². The molecule has 0 amide bonds. The maximum absolute atomic E-state index is 5.99. The molecule has 2 fully saturated rings. The second-order valence-corrected chi connectivity index (χ2v) is 5.60. The summed E-state index contributed by atoms with van der Waals surface area (Å²) in [6.45, 7) is 4.39. The molecule has 0 saturated carbocycles. The first-order chi connectivity index (χ1) is 8.28. The summed E-state index contributed by atoms with van der Waals surface area (Å²) in [5.74, 6) is 0. The summed E-state index contributed by atoms with van der Waals surface area (Å²) < 4.78 is 5.99. The number of ether oxygens (including phenoxy) is 1. The van der Waals surface area contributed by atoms with Crippen LogP contribution >= 0.6 is 0 Å². The largest absolute Gasteiger partial charge is 0.375 e. The van der Waals surface area contributed by atoms with Crippen LogP contribution < -0.4 is 5.32 Å². The van der Waals surface area contributed by atoms with Crippen LogP contribution in [0.5, 0.6) is 0 Å². The summed E-state index contributed by atoms with van der Waals surface area (Å²) >= 11 is 0. The van der Waals surface area contributed by atoms with E-state index in [1.807, 2.05) is 0 Å². The Balaban J connectivity index is 1.74. The van der Waals surface area contributed by atoms with Crippen LogP contribution in [0.1, 0.15) is 31.7 Å². The second-order valence-electron chi connectivity index (χ2n) is 5.60. The fraction of sp³-hybridized carbons (Fsp3) is 0.600. The highest BCUT2D eigenvalue weighted by Crippen LogP contribution is 2.37. The van der Waals surface area contributed by atoms with Crippen LogP contribution in [0.3, 0.4) is 0 Å². The average molecular weight is 231 g/mol. The summed E-state index contributed by atoms with van der Waals surface area (Å²) in [6, 6.07) is 10.9. The molecule has 1 aromatic carbocycles. The minimum Gasteiger partial charge on any atom is -0.375 e. The maximum Gasteiger partial charge on any atom is 0.0589 e. The summed E-state index contributed by atoms with van der Waals surface area (Å²) in [6.07, 6.45) is 4.56. The van der Waals surface area contributed by atoms with Crippen LogP contribution in [0.25, 0.3) is 0 Å². The molecule has 0 bridgehead atoms. The quantitative estimate of drug-likeness (QED) is 0.863. The van der Waals surface area contributed by atoms with E-state index in [1.165, 1.54) is 24.8 Å². The van der Waals surface area contributed by atoms with E-state index >= 15 is 0 Å². The zero-order valence-corrected chi connectivity index (χ0v) is 10.5. The van der Waals surface area contributed by atoms with Gasteiger partial charge in [0.05, 0.1) is 12.2 Å². The van der Waals surface area contributed by atoms with Gasteiger partial charge in [-0.2, -0.15) is 0 Å². The van der Waals surface area contributed by atoms with Crippen LogP contribution in [-0.2, 0) is 10.2 Å². The molecular formula is C15H21NO. The predicted octanol–water partition coefficient (Wildman–Crippen LogP) is 2.49. The fourth-order valence-corrected chi connectivity index (χ4v) is 3.16. The van der Waals surface area contributed by atoms with E-state index in [4.69, 9.17) is 4.74 Å². The number of hydrogen-bond acceptors (Lipinski definition) is 2. The Bertz CT molecular complexity index is 372. The van der Waals surface area contributed by atoms with Gasteiger partial charge in [-0.25, -0.2) is 0 Å². The zero-order chi connectivity index (χ0) is 11.7. The molecule has 2 aliphatic heterocycles. The van der Waals surface area contributed by atoms with Crippen molar-refractivity contribution < 1.29 is 4.74 Å². The Morgan fingerprint density at radius 1 is 1.24 bits per heavy atom. The Kier molecular flexibility index (Phi) is 2.93. The van der Waals surface area contributed by atoms with Crippen molar-refractivity contribution in [1.82, 2.24) is 5.32 Å². The van der Waals surface area contributed by atoms with Crippen molar-refractivity contribution in [2.24, 2.45) is 0 Å². The van der Waals surface area contributed by atoms with Crippen LogP contribution in [0.4, 0.5) is 0 Å². The minimum atomic E-state index is 0.329. The van der Waals surface area contributed by atoms with Gasteiger partial charge in [0.25, 0.3) is 0 Å². The molecule has 2 saturated heterocycles. The summed E-state index contributed by atoms with van der Waals surface area (Å²) in [7, 11) is 0. The lowest BCUT2D eigenvalue weighted by atomic mass is 9.71. The molecule has 2 atom stereocenters. The Hall–Kier alpha value is -0.860. The van der Waals surface area contributed by atoms with E-state index in [1.54, 1.807) is 0 Å². The lowest BCUT2D eigenvalue weighted by Gasteiger charge is -2.44. The van der Waals surface area contributed by atoms with Crippen molar-refractivity contribution >= 4 is 0 Å². The van der Waals surface area contributed by atoms with Crippen molar-refractivity contribution in [2.75, 3.05) is 13.1 Å². The minimum absolute atomic E-state index is 0.329. The summed E-state index contributed by atoms with van der Waals surface area (Å²) in [5.41, 5.74) is 1.80. The van der Waals surface area contributed by atoms with Gasteiger partial charge < -0.3 is 10.1 Å². The molecule has 2 unspecified atom stereocenters. The van der Waals surface area contributed by atoms with E-state index in [9.17, 15) is 0 Å². The molecule has 0 aromatic heterocycles. The molecule has 2 heterocycles. The van der Waals surface area contributed by atoms with Gasteiger partial charge in [0.1, 0.15) is 0 Å². The molecule has 0 radical (unpaired) electrons. The second kappa shape index (κ2) is 4.43. The third-order valence-corrected chi connectivity index (χ3v) is 4.25. The van der Waals surface area contributed by atoms with Gasteiger partial charge in [-0.05, 0) is 31.7 Å². The lowest BCUT2D eigenvalue weighted by molar-refractivity contribution is 0.0273. The van der Waals surface area contributed by atoms with Crippen LogP contribution in [0.2, 0.25) is 0 Å². The fourth-order valence-electron chi connectivity index (χ4n) is 3.16. The lowest BCUT2D eigenvalue weighted by Crippen LogP contribution is -2.58. The highest BCUT2D eigenvalue weighted by molar-refractivity contribution is 5.30. The monoisotopic (exact) mass is 231 g/mol. The Morgan fingerprint density at radius 3 is 2.53 bits per heavy atom. The third kappa shape index (κ3) is 2.12. The SMILES string of the molecule is CC1CCC(CC2(c3ccccc3)CNC2)O1. The molecule has 2 aliphatic rings. The average Bonchev–Trinajstić information content (AvgIpc) is 2.71. The van der Waals surface area contributed by atoms with Gasteiger partial charge in [-0.1, -0.05) is 30.3 Å². The highest BCUT2D eigenvalue weighted by Gasteiger charge is 2.41. The number of nitrogens with one attached hydrogen (secondary N) is 1. The summed E-state index contributed by atoms with van der Waals surface area (Å²) in [4.78, 5) is 0. The van der Waals surface area contributed by atoms with Gasteiger partial charge in [0.15, 0.2) is 0 Å². The van der Waals surface area contributed by atoms with E-state index < -0.39 is 0 Å². The first kappa shape index (κ1) is 11.2. The normalized spacial score (nSPS) is 31.1. The number of rotatable bonds is 3. The number of hydrogen-bond donors (Lipinski definition) is 1. The van der Waals surface area contributed by atoms with Gasteiger partial charge >= 0.3 is 0 Å². The molecule has 1 N–H and O–H groups in total. The molecule has 3 rings (SSSR count). The third-order valence-electron chi connectivity index (χ3n) is 4.25. The molecule has 0 spiro atoms. The molecule has 1 aromatic rings. The van der Waals surface area contributed by atoms with Gasteiger partial charge in [0, 0.05) is 18.5 Å². The smallest absolute Gasteiger partial charge is 0.0589 e. The van der Waals surface area contributed by atoms with Gasteiger partial charge in [0.2, 0.25) is 0 Å². The van der Waals surface area contributed by atoms with Crippen molar-refractivity contribution in [3.63, 3.8) is 0 Å². The van der Waals surface area contributed by atoms with E-state index in [-0.39, 0.29) is 0 Å². The maximum atomic E-state index is 5.99. The molecule has 2 heteroatoms. The number of benzene rings is 1. The van der Waals surface area contributed by atoms with Crippen LogP contribution in [-0.4, -0.2) is 25.3 Å². The van der Waals surface area contributed by atoms with Gasteiger partial charge in [-0.15, -0.1) is 0 Å². The molecule has 92 valence electrons. The van der Waals surface area contributed by atoms with E-state index in [0.29, 0.717) is 17.6 Å². The highest BCUT2D eigenvalue weighted by atomic mass is 16.5. The van der Waals surface area contributed by atoms with Crippen molar-refractivity contribution in [3.8, 4) is 0 Å². The standard InChI is InChI=1S/C15H21NO/c1-12-7-8-14(17-12)9-15(10-16-11-15)13-5-3-2-4-6-13/h2-6,12,14,16H,7-11H2,1H3. The van der Waals surface area contributed by atoms with Gasteiger partial charge in [-0.3, -0.25) is 0 Å².